The lowest BCUT2D eigenvalue weighted by Crippen LogP contribution is -2.39. The zero-order valence-electron chi connectivity index (χ0n) is 11.9. The van der Waals surface area contributed by atoms with Crippen LogP contribution in [0.5, 0.6) is 0 Å². The molecule has 1 fully saturated rings. The minimum absolute atomic E-state index is 0.488. The predicted molar refractivity (Wildman–Crippen MR) is 71.8 cm³/mol. The van der Waals surface area contributed by atoms with Crippen molar-refractivity contribution in [2.24, 2.45) is 5.41 Å². The van der Waals surface area contributed by atoms with E-state index in [-0.39, 0.29) is 0 Å². The maximum Gasteiger partial charge on any atom is 0.00922 e. The summed E-state index contributed by atoms with van der Waals surface area (Å²) in [5.41, 5.74) is 0.488. The van der Waals surface area contributed by atoms with Crippen LogP contribution in [-0.4, -0.2) is 50.1 Å². The summed E-state index contributed by atoms with van der Waals surface area (Å²) in [5.74, 6) is 0. The lowest BCUT2D eigenvalue weighted by atomic mass is 9.84. The molecular weight excluding hydrogens is 196 g/mol. The van der Waals surface area contributed by atoms with Crippen molar-refractivity contribution >= 4 is 0 Å². The fourth-order valence-corrected chi connectivity index (χ4v) is 2.14. The molecule has 0 N–H and O–H groups in total. The molecule has 1 saturated carbocycles. The van der Waals surface area contributed by atoms with E-state index in [2.05, 4.69) is 44.8 Å². The smallest absolute Gasteiger partial charge is 0.00922 e. The van der Waals surface area contributed by atoms with E-state index in [0.29, 0.717) is 5.41 Å². The van der Waals surface area contributed by atoms with Gasteiger partial charge in [-0.05, 0) is 65.3 Å². The Labute approximate surface area is 102 Å². The first-order valence-corrected chi connectivity index (χ1v) is 6.76. The van der Waals surface area contributed by atoms with E-state index >= 15 is 0 Å². The van der Waals surface area contributed by atoms with Crippen molar-refractivity contribution in [1.82, 2.24) is 9.80 Å². The zero-order chi connectivity index (χ0) is 12.2. The van der Waals surface area contributed by atoms with Gasteiger partial charge >= 0.3 is 0 Å². The highest BCUT2D eigenvalue weighted by Gasteiger charge is 2.24. The van der Waals surface area contributed by atoms with Crippen LogP contribution in [0.2, 0.25) is 0 Å². The van der Waals surface area contributed by atoms with Crippen LogP contribution < -0.4 is 0 Å². The monoisotopic (exact) mass is 226 g/mol. The maximum absolute atomic E-state index is 2.57. The Morgan fingerprint density at radius 2 is 1.56 bits per heavy atom. The summed E-state index contributed by atoms with van der Waals surface area (Å²) in [6.45, 7) is 7.29. The standard InChI is InChI=1S/C14H30N2/c1-14(2,9-11-15(3)4)10-12-16(5)13-7-6-8-13/h13H,6-12H2,1-5H3. The van der Waals surface area contributed by atoms with Crippen LogP contribution in [0.25, 0.3) is 0 Å². The molecule has 0 atom stereocenters. The first-order chi connectivity index (χ1) is 7.41. The summed E-state index contributed by atoms with van der Waals surface area (Å²) >= 11 is 0. The molecule has 1 rings (SSSR count). The van der Waals surface area contributed by atoms with Gasteiger partial charge in [-0.25, -0.2) is 0 Å². The molecule has 0 heterocycles. The normalized spacial score (nSPS) is 18.2. The maximum atomic E-state index is 2.57. The van der Waals surface area contributed by atoms with Crippen molar-refractivity contribution in [3.63, 3.8) is 0 Å². The fourth-order valence-electron chi connectivity index (χ4n) is 2.14. The van der Waals surface area contributed by atoms with Crippen LogP contribution in [-0.2, 0) is 0 Å². The molecule has 2 nitrogen and oxygen atoms in total. The number of hydrogen-bond acceptors (Lipinski definition) is 2. The van der Waals surface area contributed by atoms with E-state index in [0.717, 1.165) is 6.04 Å². The Kier molecular flexibility index (Phi) is 5.26. The van der Waals surface area contributed by atoms with Gasteiger partial charge in [-0.15, -0.1) is 0 Å². The Bertz CT molecular complexity index is 195. The molecule has 0 radical (unpaired) electrons. The van der Waals surface area contributed by atoms with Gasteiger partial charge in [0.05, 0.1) is 0 Å². The van der Waals surface area contributed by atoms with Crippen molar-refractivity contribution < 1.29 is 0 Å². The third kappa shape index (κ3) is 4.84. The van der Waals surface area contributed by atoms with Crippen molar-refractivity contribution in [1.29, 1.82) is 0 Å². The molecule has 0 aromatic heterocycles. The molecule has 2 heteroatoms. The van der Waals surface area contributed by atoms with E-state index in [1.54, 1.807) is 0 Å². The Morgan fingerprint density at radius 3 is 2.00 bits per heavy atom. The van der Waals surface area contributed by atoms with E-state index in [9.17, 15) is 0 Å². The van der Waals surface area contributed by atoms with Gasteiger partial charge in [0.25, 0.3) is 0 Å². The summed E-state index contributed by atoms with van der Waals surface area (Å²) < 4.78 is 0. The zero-order valence-corrected chi connectivity index (χ0v) is 11.9. The van der Waals surface area contributed by atoms with Crippen LogP contribution in [0.3, 0.4) is 0 Å². The second kappa shape index (κ2) is 6.02. The second-order valence-corrected chi connectivity index (χ2v) is 6.53. The van der Waals surface area contributed by atoms with Crippen molar-refractivity contribution in [3.8, 4) is 0 Å². The summed E-state index contributed by atoms with van der Waals surface area (Å²) in [6.07, 6.45) is 6.93. The summed E-state index contributed by atoms with van der Waals surface area (Å²) in [5, 5.41) is 0. The Morgan fingerprint density at radius 1 is 1.00 bits per heavy atom. The molecule has 0 amide bonds. The van der Waals surface area contributed by atoms with Gasteiger partial charge in [-0.2, -0.15) is 0 Å². The van der Waals surface area contributed by atoms with Crippen molar-refractivity contribution in [2.45, 2.75) is 52.0 Å². The Balaban J connectivity index is 2.18. The molecule has 0 bridgehead atoms. The molecule has 16 heavy (non-hydrogen) atoms. The molecule has 1 aliphatic carbocycles. The molecule has 0 aliphatic heterocycles. The second-order valence-electron chi connectivity index (χ2n) is 6.53. The minimum Gasteiger partial charge on any atom is -0.309 e. The van der Waals surface area contributed by atoms with E-state index in [4.69, 9.17) is 0 Å². The van der Waals surface area contributed by atoms with Crippen molar-refractivity contribution in [3.05, 3.63) is 0 Å². The summed E-state index contributed by atoms with van der Waals surface area (Å²) in [6, 6.07) is 0.893. The SMILES string of the molecule is CN(C)CCC(C)(C)CCN(C)C1CCC1. The first kappa shape index (κ1) is 14.0. The van der Waals surface area contributed by atoms with Gasteiger partial charge in [-0.1, -0.05) is 20.3 Å². The summed E-state index contributed by atoms with van der Waals surface area (Å²) in [7, 11) is 6.62. The third-order valence-corrected chi connectivity index (χ3v) is 4.08. The average Bonchev–Trinajstić information content (AvgIpc) is 2.09. The number of rotatable bonds is 7. The van der Waals surface area contributed by atoms with Crippen LogP contribution in [0, 0.1) is 5.41 Å². The molecule has 0 aromatic rings. The van der Waals surface area contributed by atoms with Crippen LogP contribution in [0.4, 0.5) is 0 Å². The van der Waals surface area contributed by atoms with Gasteiger partial charge in [0.15, 0.2) is 0 Å². The fraction of sp³-hybridized carbons (Fsp3) is 1.00. The Hall–Kier alpha value is -0.0800. The quantitative estimate of drug-likeness (QED) is 0.658. The molecule has 96 valence electrons. The number of hydrogen-bond donors (Lipinski definition) is 0. The lowest BCUT2D eigenvalue weighted by Gasteiger charge is -2.37. The van der Waals surface area contributed by atoms with Gasteiger partial charge in [0.2, 0.25) is 0 Å². The topological polar surface area (TPSA) is 6.48 Å². The highest BCUT2D eigenvalue weighted by atomic mass is 15.1. The molecular formula is C14H30N2. The van der Waals surface area contributed by atoms with Crippen molar-refractivity contribution in [2.75, 3.05) is 34.2 Å². The van der Waals surface area contributed by atoms with E-state index in [1.807, 2.05) is 0 Å². The van der Waals surface area contributed by atoms with Gasteiger partial charge in [0, 0.05) is 6.04 Å². The largest absolute Gasteiger partial charge is 0.309 e. The lowest BCUT2D eigenvalue weighted by molar-refractivity contribution is 0.133. The highest BCUT2D eigenvalue weighted by molar-refractivity contribution is 4.79. The van der Waals surface area contributed by atoms with Gasteiger partial charge in [0.1, 0.15) is 0 Å². The average molecular weight is 226 g/mol. The van der Waals surface area contributed by atoms with Crippen LogP contribution in [0.1, 0.15) is 46.0 Å². The first-order valence-electron chi connectivity index (χ1n) is 6.76. The van der Waals surface area contributed by atoms with E-state index in [1.165, 1.54) is 45.2 Å². The highest BCUT2D eigenvalue weighted by Crippen LogP contribution is 2.28. The molecule has 1 aliphatic rings. The van der Waals surface area contributed by atoms with Crippen LogP contribution in [0.15, 0.2) is 0 Å². The molecule has 0 aromatic carbocycles. The summed E-state index contributed by atoms with van der Waals surface area (Å²) in [4.78, 5) is 4.86. The predicted octanol–water partition coefficient (Wildman–Crippen LogP) is 2.84. The van der Waals surface area contributed by atoms with Gasteiger partial charge < -0.3 is 9.80 Å². The minimum atomic E-state index is 0.488. The molecule has 0 saturated heterocycles. The third-order valence-electron chi connectivity index (χ3n) is 4.08. The molecule has 0 spiro atoms. The van der Waals surface area contributed by atoms with Crippen LogP contribution >= 0.6 is 0 Å². The van der Waals surface area contributed by atoms with Gasteiger partial charge in [-0.3, -0.25) is 0 Å². The van der Waals surface area contributed by atoms with E-state index < -0.39 is 0 Å². The molecule has 0 unspecified atom stereocenters. The number of nitrogens with zero attached hydrogens (tertiary/aromatic N) is 2.